The topological polar surface area (TPSA) is 35.5 Å². The van der Waals surface area contributed by atoms with Crippen molar-refractivity contribution < 1.29 is 14.3 Å². The highest BCUT2D eigenvalue weighted by Gasteiger charge is 2.21. The van der Waals surface area contributed by atoms with Gasteiger partial charge >= 0.3 is 0 Å². The van der Waals surface area contributed by atoms with Gasteiger partial charge < -0.3 is 9.47 Å². The Morgan fingerprint density at radius 1 is 1.05 bits per heavy atom. The molecule has 0 amide bonds. The van der Waals surface area contributed by atoms with Gasteiger partial charge in [-0.25, -0.2) is 0 Å². The Kier molecular flexibility index (Phi) is 5.70. The van der Waals surface area contributed by atoms with Crippen LogP contribution in [0, 0.1) is 0 Å². The predicted molar refractivity (Wildman–Crippen MR) is 76.5 cm³/mol. The monoisotopic (exact) mass is 264 g/mol. The van der Waals surface area contributed by atoms with Gasteiger partial charge in [0.15, 0.2) is 0 Å². The van der Waals surface area contributed by atoms with Gasteiger partial charge in [-0.2, -0.15) is 0 Å². The van der Waals surface area contributed by atoms with E-state index >= 15 is 0 Å². The lowest BCUT2D eigenvalue weighted by Crippen LogP contribution is -2.27. The molecule has 19 heavy (non-hydrogen) atoms. The molecule has 0 radical (unpaired) electrons. The van der Waals surface area contributed by atoms with Crippen LogP contribution in [0.3, 0.4) is 0 Å². The van der Waals surface area contributed by atoms with Crippen molar-refractivity contribution in [1.29, 1.82) is 0 Å². The number of rotatable bonds is 6. The molecule has 0 fully saturated rings. The minimum atomic E-state index is -0.796. The van der Waals surface area contributed by atoms with Gasteiger partial charge in [0.05, 0.1) is 0 Å². The van der Waals surface area contributed by atoms with Crippen molar-refractivity contribution in [2.24, 2.45) is 0 Å². The highest BCUT2D eigenvalue weighted by atomic mass is 16.7. The lowest BCUT2D eigenvalue weighted by molar-refractivity contribution is -0.107. The van der Waals surface area contributed by atoms with Crippen LogP contribution in [0.2, 0.25) is 0 Å². The summed E-state index contributed by atoms with van der Waals surface area (Å²) in [5.41, 5.74) is 1.91. The molecule has 0 unspecified atom stereocenters. The molecule has 0 aliphatic carbocycles. The number of Topliss-reactive ketones (excluding diaryl/α,β-unsaturated/α-hetero) is 1. The summed E-state index contributed by atoms with van der Waals surface area (Å²) in [6.07, 6.45) is -0.796. The molecule has 3 nitrogen and oxygen atoms in total. The van der Waals surface area contributed by atoms with Crippen LogP contribution in [0.25, 0.3) is 0 Å². The van der Waals surface area contributed by atoms with Crippen molar-refractivity contribution in [3.8, 4) is 0 Å². The van der Waals surface area contributed by atoms with Crippen LogP contribution >= 0.6 is 0 Å². The number of carbonyl (C=O) groups is 1. The average Bonchev–Trinajstić information content (AvgIpc) is 2.37. The summed E-state index contributed by atoms with van der Waals surface area (Å²) in [6, 6.07) is 7.66. The Labute approximate surface area is 115 Å². The van der Waals surface area contributed by atoms with Crippen molar-refractivity contribution in [2.45, 2.75) is 46.3 Å². The zero-order chi connectivity index (χ0) is 14.5. The third-order valence-electron chi connectivity index (χ3n) is 2.89. The molecule has 0 spiro atoms. The molecule has 0 saturated carbocycles. The molecule has 1 rings (SSSR count). The summed E-state index contributed by atoms with van der Waals surface area (Å²) < 4.78 is 10.6. The second-order valence-electron chi connectivity index (χ2n) is 5.43. The van der Waals surface area contributed by atoms with Gasteiger partial charge in [0.2, 0.25) is 12.1 Å². The maximum Gasteiger partial charge on any atom is 0.222 e. The van der Waals surface area contributed by atoms with Gasteiger partial charge in [-0.3, -0.25) is 4.79 Å². The fourth-order valence-electron chi connectivity index (χ4n) is 1.77. The molecule has 0 aliphatic heterocycles. The van der Waals surface area contributed by atoms with Crippen LogP contribution in [0.15, 0.2) is 24.3 Å². The molecule has 1 aromatic rings. The van der Waals surface area contributed by atoms with E-state index in [0.717, 1.165) is 0 Å². The first-order valence-corrected chi connectivity index (χ1v) is 6.78. The van der Waals surface area contributed by atoms with Gasteiger partial charge in [0.25, 0.3) is 0 Å². The van der Waals surface area contributed by atoms with E-state index < -0.39 is 6.29 Å². The van der Waals surface area contributed by atoms with E-state index in [1.165, 1.54) is 5.56 Å². The Morgan fingerprint density at radius 3 is 1.89 bits per heavy atom. The molecular formula is C16H24O3. The molecule has 0 aromatic heterocycles. The van der Waals surface area contributed by atoms with Crippen molar-refractivity contribution in [3.63, 3.8) is 0 Å². The SMILES string of the molecule is CCOC(OCC)C(=O)c1ccc(C(C)(C)C)cc1. The van der Waals surface area contributed by atoms with Crippen LogP contribution in [0.4, 0.5) is 0 Å². The number of ketones is 1. The minimum Gasteiger partial charge on any atom is -0.346 e. The highest BCUT2D eigenvalue weighted by molar-refractivity contribution is 5.98. The minimum absolute atomic E-state index is 0.0841. The van der Waals surface area contributed by atoms with Crippen LogP contribution < -0.4 is 0 Å². The molecular weight excluding hydrogens is 240 g/mol. The number of benzene rings is 1. The Morgan fingerprint density at radius 2 is 1.53 bits per heavy atom. The molecule has 0 bridgehead atoms. The summed E-state index contributed by atoms with van der Waals surface area (Å²) in [7, 11) is 0. The van der Waals surface area contributed by atoms with Crippen molar-refractivity contribution in [3.05, 3.63) is 35.4 Å². The van der Waals surface area contributed by atoms with E-state index in [0.29, 0.717) is 18.8 Å². The summed E-state index contributed by atoms with van der Waals surface area (Å²) in [4.78, 5) is 12.2. The van der Waals surface area contributed by atoms with Gasteiger partial charge in [0.1, 0.15) is 0 Å². The van der Waals surface area contributed by atoms with E-state index in [-0.39, 0.29) is 11.2 Å². The van der Waals surface area contributed by atoms with Crippen LogP contribution in [0.1, 0.15) is 50.5 Å². The lowest BCUT2D eigenvalue weighted by atomic mass is 9.86. The smallest absolute Gasteiger partial charge is 0.222 e. The second kappa shape index (κ2) is 6.83. The lowest BCUT2D eigenvalue weighted by Gasteiger charge is -2.20. The molecule has 106 valence electrons. The zero-order valence-electron chi connectivity index (χ0n) is 12.5. The van der Waals surface area contributed by atoms with Gasteiger partial charge in [-0.1, -0.05) is 45.0 Å². The largest absolute Gasteiger partial charge is 0.346 e. The van der Waals surface area contributed by atoms with E-state index in [2.05, 4.69) is 20.8 Å². The first-order valence-electron chi connectivity index (χ1n) is 6.78. The average molecular weight is 264 g/mol. The van der Waals surface area contributed by atoms with E-state index in [4.69, 9.17) is 9.47 Å². The molecule has 0 aliphatic rings. The third-order valence-corrected chi connectivity index (χ3v) is 2.89. The van der Waals surface area contributed by atoms with Crippen LogP contribution in [0.5, 0.6) is 0 Å². The van der Waals surface area contributed by atoms with E-state index in [9.17, 15) is 4.79 Å². The van der Waals surface area contributed by atoms with Gasteiger partial charge in [-0.05, 0) is 24.8 Å². The maximum absolute atomic E-state index is 12.2. The number of hydrogen-bond acceptors (Lipinski definition) is 3. The van der Waals surface area contributed by atoms with Crippen LogP contribution in [-0.2, 0) is 14.9 Å². The molecule has 0 heterocycles. The fourth-order valence-corrected chi connectivity index (χ4v) is 1.77. The summed E-state index contributed by atoms with van der Waals surface area (Å²) in [5, 5.41) is 0. The number of ether oxygens (including phenoxy) is 2. The summed E-state index contributed by atoms with van der Waals surface area (Å²) in [6.45, 7) is 11.0. The fraction of sp³-hybridized carbons (Fsp3) is 0.562. The Bertz CT molecular complexity index is 395. The first kappa shape index (κ1) is 15.9. The van der Waals surface area contributed by atoms with E-state index in [1.54, 1.807) is 0 Å². The molecule has 0 N–H and O–H groups in total. The summed E-state index contributed by atoms with van der Waals surface area (Å²) in [5.74, 6) is -0.121. The molecule has 0 atom stereocenters. The maximum atomic E-state index is 12.2. The highest BCUT2D eigenvalue weighted by Crippen LogP contribution is 2.22. The number of carbonyl (C=O) groups excluding carboxylic acids is 1. The Hall–Kier alpha value is -1.19. The first-order chi connectivity index (χ1) is 8.90. The van der Waals surface area contributed by atoms with Gasteiger partial charge in [0, 0.05) is 18.8 Å². The quantitative estimate of drug-likeness (QED) is 0.582. The standard InChI is InChI=1S/C16H24O3/c1-6-18-15(19-7-2)14(17)12-8-10-13(11-9-12)16(3,4)5/h8-11,15H,6-7H2,1-5H3. The Balaban J connectivity index is 2.87. The van der Waals surface area contributed by atoms with Crippen molar-refractivity contribution in [1.82, 2.24) is 0 Å². The van der Waals surface area contributed by atoms with Crippen molar-refractivity contribution >= 4 is 5.78 Å². The van der Waals surface area contributed by atoms with Crippen LogP contribution in [-0.4, -0.2) is 25.3 Å². The molecule has 3 heteroatoms. The second-order valence-corrected chi connectivity index (χ2v) is 5.43. The normalized spacial score (nSPS) is 11.9. The molecule has 0 saturated heterocycles. The zero-order valence-corrected chi connectivity index (χ0v) is 12.5. The van der Waals surface area contributed by atoms with Gasteiger partial charge in [-0.15, -0.1) is 0 Å². The third kappa shape index (κ3) is 4.44. The van der Waals surface area contributed by atoms with Crippen molar-refractivity contribution in [2.75, 3.05) is 13.2 Å². The predicted octanol–water partition coefficient (Wildman–Crippen LogP) is 3.57. The number of hydrogen-bond donors (Lipinski definition) is 0. The van der Waals surface area contributed by atoms with E-state index in [1.807, 2.05) is 38.1 Å². The summed E-state index contributed by atoms with van der Waals surface area (Å²) >= 11 is 0. The molecule has 1 aromatic carbocycles.